The van der Waals surface area contributed by atoms with E-state index < -0.39 is 23.8 Å². The molecule has 0 aliphatic rings. The zero-order chi connectivity index (χ0) is 26.8. The lowest BCUT2D eigenvalue weighted by Crippen LogP contribution is -2.43. The number of nitrogens with one attached hydrogen (secondary N) is 2. The van der Waals surface area contributed by atoms with Crippen molar-refractivity contribution in [3.63, 3.8) is 0 Å². The molecule has 11 nitrogen and oxygen atoms in total. The number of amides is 2. The number of aromatic carboxylic acids is 1. The van der Waals surface area contributed by atoms with Crippen molar-refractivity contribution in [3.8, 4) is 5.69 Å². The maximum atomic E-state index is 13.0. The van der Waals surface area contributed by atoms with Crippen LogP contribution in [0, 0.1) is 0 Å². The third kappa shape index (κ3) is 8.51. The van der Waals surface area contributed by atoms with Crippen LogP contribution in [0.1, 0.15) is 35.2 Å². The fourth-order valence-corrected chi connectivity index (χ4v) is 3.68. The number of tetrazole rings is 1. The second-order valence-electron chi connectivity index (χ2n) is 8.52. The molecule has 194 valence electrons. The zero-order valence-electron chi connectivity index (χ0n) is 20.5. The van der Waals surface area contributed by atoms with Crippen molar-refractivity contribution in [1.29, 1.82) is 0 Å². The Morgan fingerprint density at radius 3 is 2.54 bits per heavy atom. The number of hydrogen-bond donors (Lipinski definition) is 3. The number of hydrogen-bond acceptors (Lipinski definition) is 7. The number of unbranched alkanes of at least 4 members (excludes halogenated alkanes) is 1. The van der Waals surface area contributed by atoms with Crippen LogP contribution >= 0.6 is 11.6 Å². The van der Waals surface area contributed by atoms with Crippen molar-refractivity contribution in [3.05, 3.63) is 71.0 Å². The number of halogens is 1. The van der Waals surface area contributed by atoms with Gasteiger partial charge in [0.15, 0.2) is 0 Å². The topological polar surface area (TPSA) is 142 Å². The molecule has 0 bridgehead atoms. The summed E-state index contributed by atoms with van der Waals surface area (Å²) < 4.78 is 1.45. The summed E-state index contributed by atoms with van der Waals surface area (Å²) in [7, 11) is 3.94. The minimum absolute atomic E-state index is 0.110. The Morgan fingerprint density at radius 1 is 1.14 bits per heavy atom. The number of carbonyl (C=O) groups excluding carboxylic acids is 2. The Morgan fingerprint density at radius 2 is 1.89 bits per heavy atom. The van der Waals surface area contributed by atoms with E-state index in [4.69, 9.17) is 16.7 Å². The zero-order valence-corrected chi connectivity index (χ0v) is 21.2. The number of nitrogens with zero attached hydrogens (tertiary/aromatic N) is 5. The van der Waals surface area contributed by atoms with E-state index in [-0.39, 0.29) is 5.56 Å². The van der Waals surface area contributed by atoms with Crippen molar-refractivity contribution in [2.24, 2.45) is 0 Å². The minimum Gasteiger partial charge on any atom is -0.478 e. The third-order valence-electron chi connectivity index (χ3n) is 5.38. The summed E-state index contributed by atoms with van der Waals surface area (Å²) in [6, 6.07) is 10.1. The largest absolute Gasteiger partial charge is 0.478 e. The Labute approximate surface area is 219 Å². The molecule has 1 aromatic heterocycles. The Balaban J connectivity index is 1.71. The average molecular weight is 526 g/mol. The summed E-state index contributed by atoms with van der Waals surface area (Å²) in [5.74, 6) is -1.91. The highest BCUT2D eigenvalue weighted by atomic mass is 35.5. The molecule has 0 radical (unpaired) electrons. The van der Waals surface area contributed by atoms with Crippen LogP contribution in [-0.2, 0) is 9.59 Å². The summed E-state index contributed by atoms with van der Waals surface area (Å²) in [6.07, 6.45) is 6.33. The lowest BCUT2D eigenvalue weighted by molar-refractivity contribution is -0.124. The fraction of sp³-hybridized carbons (Fsp3) is 0.280. The van der Waals surface area contributed by atoms with Gasteiger partial charge in [0.25, 0.3) is 0 Å². The van der Waals surface area contributed by atoms with Gasteiger partial charge in [0.05, 0.1) is 11.3 Å². The number of carboxylic acids is 1. The third-order valence-corrected chi connectivity index (χ3v) is 5.62. The smallest absolute Gasteiger partial charge is 0.335 e. The molecule has 0 aliphatic carbocycles. The lowest BCUT2D eigenvalue weighted by Gasteiger charge is -2.18. The molecule has 0 spiro atoms. The van der Waals surface area contributed by atoms with Crippen LogP contribution in [0.5, 0.6) is 0 Å². The molecule has 0 aliphatic heterocycles. The van der Waals surface area contributed by atoms with E-state index in [0.717, 1.165) is 19.4 Å². The van der Waals surface area contributed by atoms with Crippen LogP contribution in [0.25, 0.3) is 11.8 Å². The number of rotatable bonds is 12. The number of carbonyl (C=O) groups is 3. The first-order chi connectivity index (χ1) is 17.7. The summed E-state index contributed by atoms with van der Waals surface area (Å²) >= 11 is 6.13. The van der Waals surface area contributed by atoms with Crippen LogP contribution in [0.2, 0.25) is 5.02 Å². The lowest BCUT2D eigenvalue weighted by atomic mass is 10.1. The first-order valence-electron chi connectivity index (χ1n) is 11.5. The van der Waals surface area contributed by atoms with Gasteiger partial charge in [0.1, 0.15) is 12.4 Å². The van der Waals surface area contributed by atoms with Gasteiger partial charge < -0.3 is 20.6 Å². The maximum Gasteiger partial charge on any atom is 0.335 e. The first-order valence-corrected chi connectivity index (χ1v) is 11.9. The Hall–Kier alpha value is -4.09. The molecule has 0 saturated heterocycles. The van der Waals surface area contributed by atoms with Gasteiger partial charge in [-0.1, -0.05) is 11.6 Å². The van der Waals surface area contributed by atoms with Gasteiger partial charge in [-0.15, -0.1) is 5.10 Å². The summed E-state index contributed by atoms with van der Waals surface area (Å²) in [5.41, 5.74) is 1.78. The highest BCUT2D eigenvalue weighted by Crippen LogP contribution is 2.20. The molecule has 12 heteroatoms. The molecule has 3 N–H and O–H groups in total. The van der Waals surface area contributed by atoms with Crippen molar-refractivity contribution in [1.82, 2.24) is 30.4 Å². The van der Waals surface area contributed by atoms with E-state index in [0.29, 0.717) is 28.4 Å². The quantitative estimate of drug-likeness (QED) is 0.242. The predicted octanol–water partition coefficient (Wildman–Crippen LogP) is 2.88. The highest BCUT2D eigenvalue weighted by Gasteiger charge is 2.20. The van der Waals surface area contributed by atoms with Crippen LogP contribution in [0.3, 0.4) is 0 Å². The number of benzene rings is 2. The molecule has 0 saturated carbocycles. The molecule has 0 unspecified atom stereocenters. The van der Waals surface area contributed by atoms with Crippen LogP contribution in [0.15, 0.2) is 54.9 Å². The number of aromatic nitrogens is 4. The molecule has 1 atom stereocenters. The SMILES string of the molecule is CN(C)CCCC[C@H](NC(=O)C=Cc1cc(Cl)ccc1-n1cnnn1)C(=O)Nc1ccc(C(=O)O)cc1. The molecular weight excluding hydrogens is 498 g/mol. The molecule has 37 heavy (non-hydrogen) atoms. The normalized spacial score (nSPS) is 12.0. The van der Waals surface area contributed by atoms with Crippen LogP contribution in [-0.4, -0.2) is 74.7 Å². The van der Waals surface area contributed by atoms with E-state index in [9.17, 15) is 14.4 Å². The minimum atomic E-state index is -1.06. The highest BCUT2D eigenvalue weighted by molar-refractivity contribution is 6.30. The van der Waals surface area contributed by atoms with Gasteiger partial charge >= 0.3 is 5.97 Å². The number of carboxylic acid groups (broad SMARTS) is 1. The molecular formula is C25H28ClN7O4. The molecule has 1 heterocycles. The van der Waals surface area contributed by atoms with E-state index >= 15 is 0 Å². The maximum absolute atomic E-state index is 13.0. The van der Waals surface area contributed by atoms with Gasteiger partial charge in [0.2, 0.25) is 11.8 Å². The van der Waals surface area contributed by atoms with Gasteiger partial charge in [-0.25, -0.2) is 4.79 Å². The average Bonchev–Trinajstić information content (AvgIpc) is 3.39. The van der Waals surface area contributed by atoms with Crippen molar-refractivity contribution in [2.45, 2.75) is 25.3 Å². The molecule has 2 amide bonds. The molecule has 3 rings (SSSR count). The van der Waals surface area contributed by atoms with Crippen molar-refractivity contribution in [2.75, 3.05) is 26.0 Å². The van der Waals surface area contributed by atoms with Crippen molar-refractivity contribution < 1.29 is 19.5 Å². The molecule has 0 fully saturated rings. The Kier molecular flexibility index (Phi) is 9.87. The summed E-state index contributed by atoms with van der Waals surface area (Å²) in [4.78, 5) is 38.9. The number of anilines is 1. The van der Waals surface area contributed by atoms with Crippen LogP contribution in [0.4, 0.5) is 5.69 Å². The van der Waals surface area contributed by atoms with E-state index in [1.54, 1.807) is 24.3 Å². The van der Waals surface area contributed by atoms with Gasteiger partial charge in [-0.05, 0) is 98.9 Å². The summed E-state index contributed by atoms with van der Waals surface area (Å²) in [6.45, 7) is 0.855. The standard InChI is InChI=1S/C25H28ClN7O4/c1-32(2)14-4-3-5-21(24(35)28-20-10-6-17(7-11-20)25(36)37)29-23(34)13-8-18-15-19(26)9-12-22(18)33-16-27-30-31-33/h6-13,15-16,21H,3-5,14H2,1-2H3,(H,28,35)(H,29,34)(H,36,37)/t21-/m0/s1. The monoisotopic (exact) mass is 525 g/mol. The first kappa shape index (κ1) is 27.5. The second kappa shape index (κ2) is 13.3. The fourth-order valence-electron chi connectivity index (χ4n) is 3.50. The predicted molar refractivity (Wildman–Crippen MR) is 140 cm³/mol. The van der Waals surface area contributed by atoms with Gasteiger partial charge in [-0.2, -0.15) is 4.68 Å². The van der Waals surface area contributed by atoms with E-state index in [1.807, 2.05) is 19.0 Å². The van der Waals surface area contributed by atoms with E-state index in [2.05, 4.69) is 26.2 Å². The van der Waals surface area contributed by atoms with Crippen molar-refractivity contribution >= 4 is 41.1 Å². The van der Waals surface area contributed by atoms with E-state index in [1.165, 1.54) is 41.4 Å². The van der Waals surface area contributed by atoms with Gasteiger partial charge in [0, 0.05) is 22.3 Å². The second-order valence-corrected chi connectivity index (χ2v) is 8.96. The van der Waals surface area contributed by atoms with Gasteiger partial charge in [-0.3, -0.25) is 9.59 Å². The Bertz CT molecular complexity index is 1240. The molecule has 2 aromatic carbocycles. The summed E-state index contributed by atoms with van der Waals surface area (Å²) in [5, 5.41) is 26.2. The van der Waals surface area contributed by atoms with Crippen LogP contribution < -0.4 is 10.6 Å². The molecule has 3 aromatic rings.